The maximum Gasteiger partial charge on any atom is 0.265 e. The Morgan fingerprint density at radius 1 is 1.29 bits per heavy atom. The minimum absolute atomic E-state index is 0.0616. The number of thioether (sulfide) groups is 1. The summed E-state index contributed by atoms with van der Waals surface area (Å²) in [7, 11) is 1.66. The Morgan fingerprint density at radius 3 is 2.68 bits per heavy atom. The van der Waals surface area contributed by atoms with Gasteiger partial charge in [0.1, 0.15) is 4.32 Å². The van der Waals surface area contributed by atoms with Gasteiger partial charge in [0.05, 0.1) is 24.7 Å². The zero-order valence-electron chi connectivity index (χ0n) is 15.8. The smallest absolute Gasteiger partial charge is 0.265 e. The molecule has 0 radical (unpaired) electrons. The van der Waals surface area contributed by atoms with Crippen LogP contribution in [0.5, 0.6) is 11.5 Å². The number of morpholine rings is 1. The molecule has 2 heterocycles. The Hall–Kier alpha value is -2.10. The molecule has 150 valence electrons. The first-order valence-electron chi connectivity index (χ1n) is 8.96. The Labute approximate surface area is 173 Å². The Kier molecular flexibility index (Phi) is 6.93. The van der Waals surface area contributed by atoms with E-state index in [1.807, 2.05) is 13.0 Å². The second kappa shape index (κ2) is 9.40. The Morgan fingerprint density at radius 2 is 2.04 bits per heavy atom. The topological polar surface area (TPSA) is 68.3 Å². The highest BCUT2D eigenvalue weighted by Crippen LogP contribution is 2.34. The minimum Gasteiger partial charge on any atom is -0.490 e. The van der Waals surface area contributed by atoms with Crippen LogP contribution in [0.2, 0.25) is 0 Å². The molecule has 0 unspecified atom stereocenters. The number of nitrogens with zero attached hydrogens (tertiary/aromatic N) is 2. The van der Waals surface area contributed by atoms with Gasteiger partial charge in [-0.1, -0.05) is 30.0 Å². The molecule has 2 aliphatic heterocycles. The van der Waals surface area contributed by atoms with E-state index in [-0.39, 0.29) is 18.4 Å². The van der Waals surface area contributed by atoms with Crippen LogP contribution in [0.1, 0.15) is 12.5 Å². The fourth-order valence-corrected chi connectivity index (χ4v) is 3.92. The maximum atomic E-state index is 12.3. The third-order valence-corrected chi connectivity index (χ3v) is 5.75. The molecule has 0 saturated carbocycles. The van der Waals surface area contributed by atoms with Crippen LogP contribution < -0.4 is 9.47 Å². The average Bonchev–Trinajstić information content (AvgIpc) is 2.94. The molecule has 2 amide bonds. The van der Waals surface area contributed by atoms with Crippen molar-refractivity contribution in [3.05, 3.63) is 28.7 Å². The zero-order valence-corrected chi connectivity index (χ0v) is 17.4. The minimum atomic E-state index is -0.121. The molecule has 2 fully saturated rings. The first-order chi connectivity index (χ1) is 13.5. The normalized spacial score (nSPS) is 18.7. The predicted octanol–water partition coefficient (Wildman–Crippen LogP) is 2.15. The number of hydrogen-bond donors (Lipinski definition) is 0. The van der Waals surface area contributed by atoms with E-state index in [1.54, 1.807) is 30.2 Å². The third kappa shape index (κ3) is 4.84. The SMILES string of the molecule is CCOc1cc(/C=C2/SC(=S)N(C)C2=O)ccc1OCC(=O)N1CCOCC1. The summed E-state index contributed by atoms with van der Waals surface area (Å²) in [5.74, 6) is 0.812. The number of amides is 2. The summed E-state index contributed by atoms with van der Waals surface area (Å²) in [4.78, 5) is 28.2. The lowest BCUT2D eigenvalue weighted by Gasteiger charge is -2.26. The number of likely N-dealkylation sites (N-methyl/N-ethyl adjacent to an activating group) is 1. The number of carbonyl (C=O) groups excluding carboxylic acids is 2. The van der Waals surface area contributed by atoms with Crippen LogP contribution in [0.15, 0.2) is 23.1 Å². The van der Waals surface area contributed by atoms with Gasteiger partial charge < -0.3 is 19.1 Å². The highest BCUT2D eigenvalue weighted by molar-refractivity contribution is 8.26. The molecule has 0 atom stereocenters. The summed E-state index contributed by atoms with van der Waals surface area (Å²) in [6, 6.07) is 5.36. The molecular formula is C19H22N2O5S2. The quantitative estimate of drug-likeness (QED) is 0.514. The van der Waals surface area contributed by atoms with Crippen molar-refractivity contribution >= 4 is 46.2 Å². The molecular weight excluding hydrogens is 400 g/mol. The van der Waals surface area contributed by atoms with Gasteiger partial charge in [-0.3, -0.25) is 14.5 Å². The number of rotatable bonds is 6. The first-order valence-corrected chi connectivity index (χ1v) is 10.2. The van der Waals surface area contributed by atoms with Crippen LogP contribution in [-0.2, 0) is 14.3 Å². The van der Waals surface area contributed by atoms with E-state index in [9.17, 15) is 9.59 Å². The van der Waals surface area contributed by atoms with Crippen molar-refractivity contribution in [3.63, 3.8) is 0 Å². The molecule has 28 heavy (non-hydrogen) atoms. The molecule has 0 aliphatic carbocycles. The van der Waals surface area contributed by atoms with Crippen LogP contribution in [-0.4, -0.2) is 72.5 Å². The van der Waals surface area contributed by atoms with Gasteiger partial charge >= 0.3 is 0 Å². The van der Waals surface area contributed by atoms with Gasteiger partial charge in [0.15, 0.2) is 18.1 Å². The van der Waals surface area contributed by atoms with Crippen molar-refractivity contribution in [1.82, 2.24) is 9.80 Å². The van der Waals surface area contributed by atoms with E-state index in [2.05, 4.69) is 0 Å². The Bertz CT molecular complexity index is 806. The third-order valence-electron chi connectivity index (χ3n) is 4.27. The second-order valence-electron chi connectivity index (χ2n) is 6.16. The highest BCUT2D eigenvalue weighted by atomic mass is 32.2. The van der Waals surface area contributed by atoms with Gasteiger partial charge in [-0.25, -0.2) is 0 Å². The van der Waals surface area contributed by atoms with E-state index in [0.717, 1.165) is 5.56 Å². The van der Waals surface area contributed by atoms with Gasteiger partial charge in [0, 0.05) is 20.1 Å². The molecule has 7 nitrogen and oxygen atoms in total. The lowest BCUT2D eigenvalue weighted by Crippen LogP contribution is -2.43. The van der Waals surface area contributed by atoms with Crippen LogP contribution in [0.25, 0.3) is 6.08 Å². The van der Waals surface area contributed by atoms with Gasteiger partial charge in [-0.2, -0.15) is 0 Å². The summed E-state index contributed by atoms with van der Waals surface area (Å²) in [6.07, 6.45) is 1.77. The fraction of sp³-hybridized carbons (Fsp3) is 0.421. The molecule has 0 spiro atoms. The van der Waals surface area contributed by atoms with Crippen LogP contribution in [0.4, 0.5) is 0 Å². The molecule has 1 aromatic rings. The number of hydrogen-bond acceptors (Lipinski definition) is 7. The van der Waals surface area contributed by atoms with Crippen molar-refractivity contribution in [1.29, 1.82) is 0 Å². The molecule has 0 aromatic heterocycles. The second-order valence-corrected chi connectivity index (χ2v) is 7.84. The molecule has 3 rings (SSSR count). The van der Waals surface area contributed by atoms with Crippen LogP contribution >= 0.6 is 24.0 Å². The number of ether oxygens (including phenoxy) is 3. The van der Waals surface area contributed by atoms with Gasteiger partial charge in [0.2, 0.25) is 0 Å². The Balaban J connectivity index is 1.71. The van der Waals surface area contributed by atoms with E-state index >= 15 is 0 Å². The standard InChI is InChI=1S/C19H22N2O5S2/c1-3-25-15-10-13(11-16-18(23)20(2)19(27)28-16)4-5-14(15)26-12-17(22)21-6-8-24-9-7-21/h4-5,10-11H,3,6-9,12H2,1-2H3/b16-11+. The molecule has 0 N–H and O–H groups in total. The zero-order chi connectivity index (χ0) is 20.1. The fourth-order valence-electron chi connectivity index (χ4n) is 2.74. The molecule has 0 bridgehead atoms. The van der Waals surface area contributed by atoms with Crippen molar-refractivity contribution in [2.75, 3.05) is 46.6 Å². The first kappa shape index (κ1) is 20.6. The largest absolute Gasteiger partial charge is 0.490 e. The summed E-state index contributed by atoms with van der Waals surface area (Å²) in [6.45, 7) is 4.52. The molecule has 2 saturated heterocycles. The monoisotopic (exact) mass is 422 g/mol. The van der Waals surface area contributed by atoms with Crippen molar-refractivity contribution in [2.24, 2.45) is 0 Å². The summed E-state index contributed by atoms with van der Waals surface area (Å²) < 4.78 is 17.2. The number of benzene rings is 1. The lowest BCUT2D eigenvalue weighted by atomic mass is 10.2. The molecule has 9 heteroatoms. The summed E-state index contributed by atoms with van der Waals surface area (Å²) in [5.41, 5.74) is 0.796. The summed E-state index contributed by atoms with van der Waals surface area (Å²) >= 11 is 6.42. The number of thiocarbonyl (C=S) groups is 1. The predicted molar refractivity (Wildman–Crippen MR) is 111 cm³/mol. The van der Waals surface area contributed by atoms with E-state index < -0.39 is 0 Å². The molecule has 1 aromatic carbocycles. The van der Waals surface area contributed by atoms with Crippen LogP contribution in [0.3, 0.4) is 0 Å². The lowest BCUT2D eigenvalue weighted by molar-refractivity contribution is -0.137. The molecule has 2 aliphatic rings. The van der Waals surface area contributed by atoms with Gasteiger partial charge in [-0.15, -0.1) is 0 Å². The maximum absolute atomic E-state index is 12.3. The van der Waals surface area contributed by atoms with Crippen molar-refractivity contribution < 1.29 is 23.8 Å². The van der Waals surface area contributed by atoms with Gasteiger partial charge in [0.25, 0.3) is 11.8 Å². The van der Waals surface area contributed by atoms with Crippen LogP contribution in [0, 0.1) is 0 Å². The van der Waals surface area contributed by atoms with E-state index in [1.165, 1.54) is 16.7 Å². The van der Waals surface area contributed by atoms with E-state index in [0.29, 0.717) is 53.6 Å². The average molecular weight is 423 g/mol. The van der Waals surface area contributed by atoms with Crippen molar-refractivity contribution in [3.8, 4) is 11.5 Å². The van der Waals surface area contributed by atoms with Gasteiger partial charge in [-0.05, 0) is 30.7 Å². The number of carbonyl (C=O) groups is 2. The van der Waals surface area contributed by atoms with E-state index in [4.69, 9.17) is 26.4 Å². The van der Waals surface area contributed by atoms with Crippen molar-refractivity contribution in [2.45, 2.75) is 6.92 Å². The summed E-state index contributed by atoms with van der Waals surface area (Å²) in [5, 5.41) is 0. The highest BCUT2D eigenvalue weighted by Gasteiger charge is 2.28.